The van der Waals surface area contributed by atoms with E-state index in [-0.39, 0.29) is 18.1 Å². The van der Waals surface area contributed by atoms with Crippen molar-refractivity contribution in [3.05, 3.63) is 47.9 Å². The average Bonchev–Trinajstić information content (AvgIpc) is 3.02. The summed E-state index contributed by atoms with van der Waals surface area (Å²) in [7, 11) is 0. The van der Waals surface area contributed by atoms with Crippen LogP contribution in [0.25, 0.3) is 16.6 Å². The highest BCUT2D eigenvalue weighted by molar-refractivity contribution is 5.93. The number of amides is 1. The first-order valence-corrected chi connectivity index (χ1v) is 8.58. The van der Waals surface area contributed by atoms with Gasteiger partial charge in [0.25, 0.3) is 5.91 Å². The number of hydrogen-bond acceptors (Lipinski definition) is 5. The van der Waals surface area contributed by atoms with Gasteiger partial charge in [0, 0.05) is 18.1 Å². The van der Waals surface area contributed by atoms with E-state index in [1.54, 1.807) is 31.6 Å². The van der Waals surface area contributed by atoms with Crippen LogP contribution in [0.2, 0.25) is 0 Å². The molecule has 0 atom stereocenters. The largest absolute Gasteiger partial charge is 0.481 e. The SMILES string of the molecule is Cc1c(C(=O)NCCC(C)(C)C(=O)O)nnn1-c1ccc2ncccc2c1. The first-order valence-electron chi connectivity index (χ1n) is 8.58. The van der Waals surface area contributed by atoms with E-state index in [0.29, 0.717) is 12.1 Å². The average molecular weight is 367 g/mol. The van der Waals surface area contributed by atoms with Gasteiger partial charge in [0.1, 0.15) is 0 Å². The number of aliphatic carboxylic acids is 1. The van der Waals surface area contributed by atoms with E-state index in [2.05, 4.69) is 20.6 Å². The van der Waals surface area contributed by atoms with Crippen LogP contribution in [-0.2, 0) is 4.79 Å². The second-order valence-corrected chi connectivity index (χ2v) is 7.01. The second-order valence-electron chi connectivity index (χ2n) is 7.01. The summed E-state index contributed by atoms with van der Waals surface area (Å²) in [5, 5.41) is 20.9. The van der Waals surface area contributed by atoms with Gasteiger partial charge in [0.2, 0.25) is 0 Å². The lowest BCUT2D eigenvalue weighted by atomic mass is 9.90. The molecule has 140 valence electrons. The molecule has 8 nitrogen and oxygen atoms in total. The highest BCUT2D eigenvalue weighted by Gasteiger charge is 2.27. The van der Waals surface area contributed by atoms with Gasteiger partial charge in [-0.05, 0) is 51.5 Å². The Morgan fingerprint density at radius 1 is 1.26 bits per heavy atom. The van der Waals surface area contributed by atoms with E-state index < -0.39 is 11.4 Å². The molecule has 3 rings (SSSR count). The number of fused-ring (bicyclic) bond motifs is 1. The van der Waals surface area contributed by atoms with Gasteiger partial charge in [-0.15, -0.1) is 5.10 Å². The number of carboxylic acid groups (broad SMARTS) is 1. The molecule has 8 heteroatoms. The molecule has 2 aromatic heterocycles. The lowest BCUT2D eigenvalue weighted by Crippen LogP contribution is -2.32. The highest BCUT2D eigenvalue weighted by atomic mass is 16.4. The molecule has 0 fully saturated rings. The van der Waals surface area contributed by atoms with E-state index in [0.717, 1.165) is 16.6 Å². The van der Waals surface area contributed by atoms with Gasteiger partial charge >= 0.3 is 5.97 Å². The molecule has 0 bridgehead atoms. The molecule has 0 saturated carbocycles. The molecule has 0 aliphatic rings. The van der Waals surface area contributed by atoms with Crippen molar-refractivity contribution in [3.8, 4) is 5.69 Å². The molecule has 2 heterocycles. The summed E-state index contributed by atoms with van der Waals surface area (Å²) in [5.41, 5.74) is 1.58. The summed E-state index contributed by atoms with van der Waals surface area (Å²) in [6, 6.07) is 9.50. The van der Waals surface area contributed by atoms with Crippen LogP contribution in [0, 0.1) is 12.3 Å². The molecule has 0 aliphatic heterocycles. The number of carboxylic acids is 1. The smallest absolute Gasteiger partial charge is 0.309 e. The molecule has 0 unspecified atom stereocenters. The molecule has 1 aromatic carbocycles. The summed E-state index contributed by atoms with van der Waals surface area (Å²) >= 11 is 0. The Balaban J connectivity index is 1.76. The number of aromatic nitrogens is 4. The summed E-state index contributed by atoms with van der Waals surface area (Å²) in [5.74, 6) is -1.27. The number of carbonyl (C=O) groups is 2. The van der Waals surface area contributed by atoms with Crippen LogP contribution in [0.4, 0.5) is 0 Å². The van der Waals surface area contributed by atoms with Gasteiger partial charge in [-0.3, -0.25) is 14.6 Å². The number of carbonyl (C=O) groups excluding carboxylic acids is 1. The topological polar surface area (TPSA) is 110 Å². The predicted octanol–water partition coefficient (Wildman–Crippen LogP) is 2.35. The minimum absolute atomic E-state index is 0.217. The minimum Gasteiger partial charge on any atom is -0.481 e. The fourth-order valence-electron chi connectivity index (χ4n) is 2.66. The lowest BCUT2D eigenvalue weighted by Gasteiger charge is -2.18. The number of nitrogens with one attached hydrogen (secondary N) is 1. The molecule has 0 spiro atoms. The number of pyridine rings is 1. The minimum atomic E-state index is -0.904. The fraction of sp³-hybridized carbons (Fsp3) is 0.316. The highest BCUT2D eigenvalue weighted by Crippen LogP contribution is 2.20. The Hall–Kier alpha value is -3.29. The van der Waals surface area contributed by atoms with Gasteiger partial charge in [-0.25, -0.2) is 4.68 Å². The maximum Gasteiger partial charge on any atom is 0.309 e. The molecular weight excluding hydrogens is 346 g/mol. The van der Waals surface area contributed by atoms with E-state index >= 15 is 0 Å². The van der Waals surface area contributed by atoms with Gasteiger partial charge in [0.05, 0.1) is 22.3 Å². The van der Waals surface area contributed by atoms with Crippen molar-refractivity contribution in [1.29, 1.82) is 0 Å². The number of nitrogens with zero attached hydrogens (tertiary/aromatic N) is 4. The maximum atomic E-state index is 12.4. The number of hydrogen-bond donors (Lipinski definition) is 2. The summed E-state index contributed by atoms with van der Waals surface area (Å²) < 4.78 is 1.60. The van der Waals surface area contributed by atoms with Crippen LogP contribution in [-0.4, -0.2) is 43.5 Å². The van der Waals surface area contributed by atoms with Crippen LogP contribution < -0.4 is 5.32 Å². The van der Waals surface area contributed by atoms with Crippen molar-refractivity contribution in [2.45, 2.75) is 27.2 Å². The molecule has 2 N–H and O–H groups in total. The van der Waals surface area contributed by atoms with E-state index in [1.807, 2.05) is 30.3 Å². The third kappa shape index (κ3) is 3.79. The van der Waals surface area contributed by atoms with Gasteiger partial charge < -0.3 is 10.4 Å². The van der Waals surface area contributed by atoms with Crippen molar-refractivity contribution in [2.75, 3.05) is 6.54 Å². The van der Waals surface area contributed by atoms with Crippen LogP contribution in [0.3, 0.4) is 0 Å². The lowest BCUT2D eigenvalue weighted by molar-refractivity contribution is -0.147. The summed E-state index contributed by atoms with van der Waals surface area (Å²) in [4.78, 5) is 27.8. The molecule has 0 radical (unpaired) electrons. The van der Waals surface area contributed by atoms with Crippen LogP contribution in [0.5, 0.6) is 0 Å². The zero-order valence-electron chi connectivity index (χ0n) is 15.4. The van der Waals surface area contributed by atoms with Crippen LogP contribution in [0.1, 0.15) is 36.5 Å². The fourth-order valence-corrected chi connectivity index (χ4v) is 2.66. The standard InChI is InChI=1S/C19H21N5O3/c1-12-16(17(25)21-10-8-19(2,3)18(26)27)22-23-24(12)14-6-7-15-13(11-14)5-4-9-20-15/h4-7,9,11H,8,10H2,1-3H3,(H,21,25)(H,26,27). The summed E-state index contributed by atoms with van der Waals surface area (Å²) in [6.07, 6.45) is 2.05. The Kier molecular flexibility index (Phi) is 4.89. The second kappa shape index (κ2) is 7.14. The van der Waals surface area contributed by atoms with Crippen molar-refractivity contribution in [3.63, 3.8) is 0 Å². The third-order valence-electron chi connectivity index (χ3n) is 4.56. The quantitative estimate of drug-likeness (QED) is 0.692. The van der Waals surface area contributed by atoms with E-state index in [4.69, 9.17) is 5.11 Å². The monoisotopic (exact) mass is 367 g/mol. The van der Waals surface area contributed by atoms with Gasteiger partial charge in [-0.2, -0.15) is 0 Å². The molecule has 0 saturated heterocycles. The Morgan fingerprint density at radius 2 is 2.04 bits per heavy atom. The Bertz CT molecular complexity index is 1010. The molecule has 3 aromatic rings. The zero-order chi connectivity index (χ0) is 19.6. The normalized spacial score (nSPS) is 11.5. The Labute approximate surface area is 156 Å². The van der Waals surface area contributed by atoms with E-state index in [9.17, 15) is 9.59 Å². The third-order valence-corrected chi connectivity index (χ3v) is 4.56. The first kappa shape index (κ1) is 18.5. The predicted molar refractivity (Wildman–Crippen MR) is 99.8 cm³/mol. The molecular formula is C19H21N5O3. The number of benzene rings is 1. The van der Waals surface area contributed by atoms with Crippen molar-refractivity contribution in [1.82, 2.24) is 25.3 Å². The van der Waals surface area contributed by atoms with Crippen molar-refractivity contribution < 1.29 is 14.7 Å². The molecule has 0 aliphatic carbocycles. The zero-order valence-corrected chi connectivity index (χ0v) is 15.4. The van der Waals surface area contributed by atoms with Crippen molar-refractivity contribution in [2.24, 2.45) is 5.41 Å². The molecule has 27 heavy (non-hydrogen) atoms. The van der Waals surface area contributed by atoms with Gasteiger partial charge in [-0.1, -0.05) is 11.3 Å². The van der Waals surface area contributed by atoms with Crippen LogP contribution in [0.15, 0.2) is 36.5 Å². The Morgan fingerprint density at radius 3 is 2.78 bits per heavy atom. The number of rotatable bonds is 6. The molecule has 1 amide bonds. The van der Waals surface area contributed by atoms with Crippen molar-refractivity contribution >= 4 is 22.8 Å². The van der Waals surface area contributed by atoms with Gasteiger partial charge in [0.15, 0.2) is 5.69 Å². The van der Waals surface area contributed by atoms with E-state index in [1.165, 1.54) is 0 Å². The first-order chi connectivity index (χ1) is 12.8. The summed E-state index contributed by atoms with van der Waals surface area (Å²) in [6.45, 7) is 5.25. The van der Waals surface area contributed by atoms with Crippen LogP contribution >= 0.6 is 0 Å². The maximum absolute atomic E-state index is 12.4.